The quantitative estimate of drug-likeness (QED) is 0.288. The number of rotatable bonds is 1. The van der Waals surface area contributed by atoms with Gasteiger partial charge in [0.15, 0.2) is 4.96 Å². The second kappa shape index (κ2) is 3.44. The number of halogens is 2. The molecular weight excluding hydrogens is 121 g/mol. The minimum absolute atomic E-state index is 0.588. The first-order valence-electron chi connectivity index (χ1n) is 1.53. The molecule has 0 N–H and O–H groups in total. The summed E-state index contributed by atoms with van der Waals surface area (Å²) in [6.45, 7) is 1.76. The molecule has 0 aliphatic heterocycles. The van der Waals surface area contributed by atoms with Crippen LogP contribution in [0.5, 0.6) is 0 Å². The molecular formula is C3H5Cl2N. The molecule has 0 aromatic carbocycles. The highest BCUT2D eigenvalue weighted by molar-refractivity contribution is 6.44. The van der Waals surface area contributed by atoms with Gasteiger partial charge in [0.25, 0.3) is 0 Å². The van der Waals surface area contributed by atoms with Crippen molar-refractivity contribution in [3.63, 3.8) is 0 Å². The predicted octanol–water partition coefficient (Wildman–Crippen LogP) is 1.84. The average Bonchev–Trinajstić information content (AvgIpc) is 1.35. The lowest BCUT2D eigenvalue weighted by atomic mass is 10.9. The molecule has 0 saturated carbocycles. The van der Waals surface area contributed by atoms with Gasteiger partial charge in [-0.2, -0.15) is 0 Å². The molecule has 0 aromatic rings. The molecule has 36 valence electrons. The molecule has 0 radical (unpaired) electrons. The van der Waals surface area contributed by atoms with Gasteiger partial charge in [0.1, 0.15) is 0 Å². The summed E-state index contributed by atoms with van der Waals surface area (Å²) in [6.07, 6.45) is 1.56. The maximum atomic E-state index is 5.15. The highest BCUT2D eigenvalue weighted by atomic mass is 35.5. The van der Waals surface area contributed by atoms with Gasteiger partial charge in [-0.1, -0.05) is 23.2 Å². The zero-order valence-electron chi connectivity index (χ0n) is 3.36. The Labute approximate surface area is 47.0 Å². The Morgan fingerprint density at radius 2 is 2.17 bits per heavy atom. The topological polar surface area (TPSA) is 12.4 Å². The first-order valence-corrected chi connectivity index (χ1v) is 2.40. The van der Waals surface area contributed by atoms with Gasteiger partial charge in [0, 0.05) is 0 Å². The van der Waals surface area contributed by atoms with Crippen molar-refractivity contribution in [3.8, 4) is 0 Å². The number of alkyl halides is 2. The first-order chi connectivity index (χ1) is 2.77. The first kappa shape index (κ1) is 6.25. The summed E-state index contributed by atoms with van der Waals surface area (Å²) < 4.78 is 0. The Hall–Kier alpha value is 0.250. The van der Waals surface area contributed by atoms with Gasteiger partial charge in [-0.25, -0.2) is 0 Å². The molecule has 6 heavy (non-hydrogen) atoms. The SMILES string of the molecule is CC=NC(Cl)Cl. The van der Waals surface area contributed by atoms with Gasteiger partial charge in [-0.3, -0.25) is 4.99 Å². The van der Waals surface area contributed by atoms with E-state index in [2.05, 4.69) is 4.99 Å². The molecule has 0 aliphatic rings. The molecule has 0 aromatic heterocycles. The molecule has 0 unspecified atom stereocenters. The third kappa shape index (κ3) is 4.25. The monoisotopic (exact) mass is 125 g/mol. The number of hydrogen-bond donors (Lipinski definition) is 0. The van der Waals surface area contributed by atoms with Gasteiger partial charge in [-0.05, 0) is 13.1 Å². The van der Waals surface area contributed by atoms with Crippen LogP contribution >= 0.6 is 23.2 Å². The number of hydrogen-bond acceptors (Lipinski definition) is 1. The van der Waals surface area contributed by atoms with Crippen LogP contribution in [0.3, 0.4) is 0 Å². The Balaban J connectivity index is 3.03. The summed E-state index contributed by atoms with van der Waals surface area (Å²) in [4.78, 5) is 2.94. The second-order valence-electron chi connectivity index (χ2n) is 0.685. The van der Waals surface area contributed by atoms with E-state index in [1.165, 1.54) is 0 Å². The zero-order valence-corrected chi connectivity index (χ0v) is 4.87. The van der Waals surface area contributed by atoms with E-state index in [4.69, 9.17) is 23.2 Å². The lowest BCUT2D eigenvalue weighted by Gasteiger charge is -1.82. The fourth-order valence-electron chi connectivity index (χ4n) is 0.113. The van der Waals surface area contributed by atoms with Crippen LogP contribution in [0, 0.1) is 0 Å². The van der Waals surface area contributed by atoms with E-state index in [0.717, 1.165) is 0 Å². The van der Waals surface area contributed by atoms with Crippen LogP contribution in [0.25, 0.3) is 0 Å². The Bertz CT molecular complexity index is 50.8. The van der Waals surface area contributed by atoms with E-state index >= 15 is 0 Å². The smallest absolute Gasteiger partial charge is 0.196 e. The standard InChI is InChI=1S/C3H5Cl2N/c1-2-6-3(4)5/h2-3H,1H3. The Morgan fingerprint density at radius 3 is 2.17 bits per heavy atom. The lowest BCUT2D eigenvalue weighted by molar-refractivity contribution is 1.28. The van der Waals surface area contributed by atoms with Crippen LogP contribution in [0.1, 0.15) is 6.92 Å². The zero-order chi connectivity index (χ0) is 4.99. The van der Waals surface area contributed by atoms with Gasteiger partial charge >= 0.3 is 0 Å². The van der Waals surface area contributed by atoms with E-state index in [1.807, 2.05) is 0 Å². The van der Waals surface area contributed by atoms with E-state index < -0.39 is 4.96 Å². The van der Waals surface area contributed by atoms with Crippen LogP contribution < -0.4 is 0 Å². The molecule has 0 saturated heterocycles. The van der Waals surface area contributed by atoms with Crippen LogP contribution in [0.2, 0.25) is 0 Å². The van der Waals surface area contributed by atoms with Crippen molar-refractivity contribution in [2.24, 2.45) is 4.99 Å². The maximum Gasteiger partial charge on any atom is 0.196 e. The summed E-state index contributed by atoms with van der Waals surface area (Å²) in [5.41, 5.74) is 0. The van der Waals surface area contributed by atoms with Crippen molar-refractivity contribution in [3.05, 3.63) is 0 Å². The molecule has 0 rings (SSSR count). The lowest BCUT2D eigenvalue weighted by Crippen LogP contribution is -1.74. The Morgan fingerprint density at radius 1 is 1.67 bits per heavy atom. The molecule has 0 heterocycles. The molecule has 0 bridgehead atoms. The second-order valence-corrected chi connectivity index (χ2v) is 1.74. The summed E-state index contributed by atoms with van der Waals surface area (Å²) in [5, 5.41) is 0. The van der Waals surface area contributed by atoms with Crippen molar-refractivity contribution < 1.29 is 0 Å². The molecule has 0 atom stereocenters. The van der Waals surface area contributed by atoms with Crippen molar-refractivity contribution in [1.29, 1.82) is 0 Å². The van der Waals surface area contributed by atoms with Crippen LogP contribution in [-0.2, 0) is 0 Å². The van der Waals surface area contributed by atoms with Gasteiger partial charge in [0.05, 0.1) is 0 Å². The minimum Gasteiger partial charge on any atom is -0.262 e. The van der Waals surface area contributed by atoms with Crippen LogP contribution in [0.15, 0.2) is 4.99 Å². The summed E-state index contributed by atoms with van der Waals surface area (Å²) in [6, 6.07) is 0. The van der Waals surface area contributed by atoms with Crippen molar-refractivity contribution in [2.45, 2.75) is 11.9 Å². The van der Waals surface area contributed by atoms with Crippen molar-refractivity contribution in [1.82, 2.24) is 0 Å². The average molecular weight is 126 g/mol. The van der Waals surface area contributed by atoms with E-state index in [9.17, 15) is 0 Å². The van der Waals surface area contributed by atoms with Crippen molar-refractivity contribution in [2.75, 3.05) is 0 Å². The largest absolute Gasteiger partial charge is 0.262 e. The highest BCUT2D eigenvalue weighted by Crippen LogP contribution is 1.99. The number of nitrogens with zero attached hydrogens (tertiary/aromatic N) is 1. The maximum absolute atomic E-state index is 5.15. The van der Waals surface area contributed by atoms with E-state index in [-0.39, 0.29) is 0 Å². The molecule has 0 spiro atoms. The summed E-state index contributed by atoms with van der Waals surface area (Å²) >= 11 is 10.3. The molecule has 0 fully saturated rings. The molecule has 0 amide bonds. The molecule has 3 heteroatoms. The van der Waals surface area contributed by atoms with Crippen LogP contribution in [0.4, 0.5) is 0 Å². The van der Waals surface area contributed by atoms with Crippen LogP contribution in [-0.4, -0.2) is 11.2 Å². The van der Waals surface area contributed by atoms with Crippen molar-refractivity contribution >= 4 is 29.4 Å². The van der Waals surface area contributed by atoms with Gasteiger partial charge in [-0.15, -0.1) is 0 Å². The van der Waals surface area contributed by atoms with E-state index in [1.54, 1.807) is 13.1 Å². The predicted molar refractivity (Wildman–Crippen MR) is 29.7 cm³/mol. The summed E-state index contributed by atoms with van der Waals surface area (Å²) in [5.74, 6) is 0. The fraction of sp³-hybridized carbons (Fsp3) is 0.667. The fourth-order valence-corrected chi connectivity index (χ4v) is 0.338. The van der Waals surface area contributed by atoms with Gasteiger partial charge < -0.3 is 0 Å². The van der Waals surface area contributed by atoms with Gasteiger partial charge in [0.2, 0.25) is 0 Å². The Kier molecular flexibility index (Phi) is 3.58. The normalized spacial score (nSPS) is 11.3. The van der Waals surface area contributed by atoms with E-state index in [0.29, 0.717) is 0 Å². The third-order valence-electron chi connectivity index (χ3n) is 0.262. The molecule has 0 aliphatic carbocycles. The summed E-state index contributed by atoms with van der Waals surface area (Å²) in [7, 11) is 0. The highest BCUT2D eigenvalue weighted by Gasteiger charge is 1.83. The molecule has 1 nitrogen and oxygen atoms in total. The third-order valence-corrected chi connectivity index (χ3v) is 0.487. The number of aliphatic imine (C=N–C) groups is 1. The minimum atomic E-state index is -0.588.